The van der Waals surface area contributed by atoms with E-state index in [0.29, 0.717) is 0 Å². The van der Waals surface area contributed by atoms with E-state index in [-0.39, 0.29) is 0 Å². The summed E-state index contributed by atoms with van der Waals surface area (Å²) in [7, 11) is 0. The van der Waals surface area contributed by atoms with Crippen LogP contribution in [0.15, 0.2) is 134 Å². The van der Waals surface area contributed by atoms with Gasteiger partial charge < -0.3 is 0 Å². The Morgan fingerprint density at radius 2 is 0.694 bits per heavy atom. The van der Waals surface area contributed by atoms with Crippen LogP contribution < -0.4 is 0 Å². The summed E-state index contributed by atoms with van der Waals surface area (Å²) in [4.78, 5) is 18.2. The highest BCUT2D eigenvalue weighted by Crippen LogP contribution is 2.30. The van der Waals surface area contributed by atoms with Crippen molar-refractivity contribution < 1.29 is 0 Å². The summed E-state index contributed by atoms with van der Waals surface area (Å²) >= 11 is 0. The second-order valence-electron chi connectivity index (χ2n) is 8.45. The molecule has 0 radical (unpaired) electrons. The van der Waals surface area contributed by atoms with Crippen molar-refractivity contribution >= 4 is 0 Å². The molecule has 0 N–H and O–H groups in total. The summed E-state index contributed by atoms with van der Waals surface area (Å²) in [5.74, 6) is 0. The van der Waals surface area contributed by atoms with Crippen LogP contribution in [0.5, 0.6) is 0 Å². The van der Waals surface area contributed by atoms with Gasteiger partial charge in [-0.2, -0.15) is 0 Å². The smallest absolute Gasteiger partial charge is 0.0892 e. The molecule has 0 fully saturated rings. The molecule has 0 amide bonds. The lowest BCUT2D eigenvalue weighted by atomic mass is 9.99. The van der Waals surface area contributed by atoms with E-state index in [1.54, 1.807) is 0 Å². The van der Waals surface area contributed by atoms with Gasteiger partial charge >= 0.3 is 0 Å². The van der Waals surface area contributed by atoms with Crippen molar-refractivity contribution in [2.45, 2.75) is 0 Å². The predicted molar refractivity (Wildman–Crippen MR) is 145 cm³/mol. The minimum Gasteiger partial charge on any atom is -0.256 e. The highest BCUT2D eigenvalue weighted by molar-refractivity contribution is 5.76. The van der Waals surface area contributed by atoms with Gasteiger partial charge in [-0.15, -0.1) is 0 Å². The second kappa shape index (κ2) is 9.72. The normalized spacial score (nSPS) is 10.8. The van der Waals surface area contributed by atoms with Crippen LogP contribution in [0.3, 0.4) is 0 Å². The molecule has 4 nitrogen and oxygen atoms in total. The molecular weight excluding hydrogens is 440 g/mol. The maximum atomic E-state index is 4.63. The summed E-state index contributed by atoms with van der Waals surface area (Å²) in [6.07, 6.45) is 7.32. The number of rotatable bonds is 5. The third-order valence-corrected chi connectivity index (χ3v) is 6.10. The maximum Gasteiger partial charge on any atom is 0.0892 e. The molecule has 0 unspecified atom stereocenters. The van der Waals surface area contributed by atoms with Crippen molar-refractivity contribution in [2.24, 2.45) is 0 Å². The zero-order chi connectivity index (χ0) is 24.2. The Balaban J connectivity index is 1.34. The van der Waals surface area contributed by atoms with Crippen LogP contribution in [0.1, 0.15) is 0 Å². The number of hydrogen-bond acceptors (Lipinski definition) is 4. The highest BCUT2D eigenvalue weighted by atomic mass is 14.8. The number of pyridine rings is 4. The first kappa shape index (κ1) is 21.6. The highest BCUT2D eigenvalue weighted by Gasteiger charge is 2.09. The van der Waals surface area contributed by atoms with Crippen LogP contribution in [-0.4, -0.2) is 19.9 Å². The van der Waals surface area contributed by atoms with Gasteiger partial charge in [0.2, 0.25) is 0 Å². The molecule has 0 spiro atoms. The van der Waals surface area contributed by atoms with Gasteiger partial charge in [-0.1, -0.05) is 48.5 Å². The molecule has 170 valence electrons. The van der Waals surface area contributed by atoms with Gasteiger partial charge in [0, 0.05) is 35.9 Å². The Labute approximate surface area is 210 Å². The molecule has 0 saturated carbocycles. The van der Waals surface area contributed by atoms with E-state index in [2.05, 4.69) is 80.6 Å². The largest absolute Gasteiger partial charge is 0.256 e. The van der Waals surface area contributed by atoms with Gasteiger partial charge in [0.05, 0.1) is 22.8 Å². The predicted octanol–water partition coefficient (Wildman–Crippen LogP) is 7.60. The van der Waals surface area contributed by atoms with Crippen LogP contribution in [0.4, 0.5) is 0 Å². The van der Waals surface area contributed by atoms with Crippen molar-refractivity contribution in [1.29, 1.82) is 0 Å². The Hall–Kier alpha value is -4.96. The van der Waals surface area contributed by atoms with Crippen LogP contribution in [0, 0.1) is 0 Å². The third-order valence-electron chi connectivity index (χ3n) is 6.10. The van der Waals surface area contributed by atoms with Crippen molar-refractivity contribution in [3.05, 3.63) is 134 Å². The molecule has 0 aliphatic carbocycles. The van der Waals surface area contributed by atoms with Gasteiger partial charge in [0.1, 0.15) is 0 Å². The Morgan fingerprint density at radius 3 is 1.14 bits per heavy atom. The van der Waals surface area contributed by atoms with E-state index in [4.69, 9.17) is 0 Å². The lowest BCUT2D eigenvalue weighted by Crippen LogP contribution is -1.90. The van der Waals surface area contributed by atoms with E-state index >= 15 is 0 Å². The Morgan fingerprint density at radius 1 is 0.278 bits per heavy atom. The quantitative estimate of drug-likeness (QED) is 0.265. The maximum absolute atomic E-state index is 4.63. The van der Waals surface area contributed by atoms with Crippen molar-refractivity contribution in [3.8, 4) is 56.2 Å². The molecule has 4 aromatic heterocycles. The fourth-order valence-corrected chi connectivity index (χ4v) is 4.28. The molecule has 0 aliphatic rings. The van der Waals surface area contributed by atoms with E-state index in [1.807, 2.05) is 73.3 Å². The average molecular weight is 463 g/mol. The van der Waals surface area contributed by atoms with E-state index in [0.717, 1.165) is 56.2 Å². The van der Waals surface area contributed by atoms with Gasteiger partial charge in [0.25, 0.3) is 0 Å². The molecule has 6 rings (SSSR count). The Bertz CT molecular complexity index is 1500. The summed E-state index contributed by atoms with van der Waals surface area (Å²) in [6, 6.07) is 37.0. The van der Waals surface area contributed by atoms with Crippen molar-refractivity contribution in [2.75, 3.05) is 0 Å². The summed E-state index contributed by atoms with van der Waals surface area (Å²) in [5.41, 5.74) is 10.1. The van der Waals surface area contributed by atoms with Crippen LogP contribution in [0.25, 0.3) is 56.2 Å². The topological polar surface area (TPSA) is 51.6 Å². The molecule has 36 heavy (non-hydrogen) atoms. The van der Waals surface area contributed by atoms with E-state index < -0.39 is 0 Å². The summed E-state index contributed by atoms with van der Waals surface area (Å²) < 4.78 is 0. The SMILES string of the molecule is c1ccc(-c2cccc(-c3ccnc(-c4cc(-c5cccc(-c6ccccn6)c5)ccn4)c3)c2)nc1. The molecule has 0 aliphatic heterocycles. The zero-order valence-electron chi connectivity index (χ0n) is 19.5. The van der Waals surface area contributed by atoms with Gasteiger partial charge in [-0.3, -0.25) is 19.9 Å². The molecule has 0 bridgehead atoms. The van der Waals surface area contributed by atoms with Gasteiger partial charge in [0.15, 0.2) is 0 Å². The molecule has 6 aromatic rings. The van der Waals surface area contributed by atoms with E-state index in [1.165, 1.54) is 0 Å². The first-order chi connectivity index (χ1) is 17.8. The zero-order valence-corrected chi connectivity index (χ0v) is 19.5. The average Bonchev–Trinajstić information content (AvgIpc) is 2.98. The standard InChI is InChI=1S/C32H22N4/c1-3-15-33-29(11-1)27-9-5-7-23(19-27)25-13-17-35-31(21-25)32-22-26(14-18-36-32)24-8-6-10-28(20-24)30-12-2-4-16-34-30/h1-22H. The fourth-order valence-electron chi connectivity index (χ4n) is 4.28. The third kappa shape index (κ3) is 4.52. The van der Waals surface area contributed by atoms with Crippen molar-refractivity contribution in [3.63, 3.8) is 0 Å². The molecule has 0 atom stereocenters. The molecule has 4 heterocycles. The van der Waals surface area contributed by atoms with Crippen LogP contribution in [-0.2, 0) is 0 Å². The lowest BCUT2D eigenvalue weighted by molar-refractivity contribution is 1.25. The minimum atomic E-state index is 0.832. The van der Waals surface area contributed by atoms with E-state index in [9.17, 15) is 0 Å². The number of hydrogen-bond donors (Lipinski definition) is 0. The second-order valence-corrected chi connectivity index (χ2v) is 8.45. The molecular formula is C32H22N4. The van der Waals surface area contributed by atoms with Crippen LogP contribution in [0.2, 0.25) is 0 Å². The summed E-state index contributed by atoms with van der Waals surface area (Å²) in [6.45, 7) is 0. The lowest BCUT2D eigenvalue weighted by Gasteiger charge is -2.09. The van der Waals surface area contributed by atoms with Gasteiger partial charge in [-0.05, 0) is 82.9 Å². The number of nitrogens with zero attached hydrogens (tertiary/aromatic N) is 4. The van der Waals surface area contributed by atoms with Gasteiger partial charge in [-0.25, -0.2) is 0 Å². The molecule has 4 heteroatoms. The first-order valence-electron chi connectivity index (χ1n) is 11.8. The first-order valence-corrected chi connectivity index (χ1v) is 11.8. The molecule has 2 aromatic carbocycles. The Kier molecular flexibility index (Phi) is 5.83. The number of aromatic nitrogens is 4. The molecule has 0 saturated heterocycles. The fraction of sp³-hybridized carbons (Fsp3) is 0. The summed E-state index contributed by atoms with van der Waals surface area (Å²) in [5, 5.41) is 0. The minimum absolute atomic E-state index is 0.832. The van der Waals surface area contributed by atoms with Crippen molar-refractivity contribution in [1.82, 2.24) is 19.9 Å². The monoisotopic (exact) mass is 462 g/mol. The number of benzene rings is 2. The van der Waals surface area contributed by atoms with Crippen LogP contribution >= 0.6 is 0 Å².